The summed E-state index contributed by atoms with van der Waals surface area (Å²) in [5, 5.41) is 1.18. The number of carbonyl (C=O) groups excluding carboxylic acids is 1. The smallest absolute Gasteiger partial charge is 0.165 e. The van der Waals surface area contributed by atoms with Crippen molar-refractivity contribution >= 4 is 16.7 Å². The summed E-state index contributed by atoms with van der Waals surface area (Å²) in [6, 6.07) is 6.64. The van der Waals surface area contributed by atoms with Crippen molar-refractivity contribution in [3.8, 4) is 0 Å². The van der Waals surface area contributed by atoms with E-state index in [1.54, 1.807) is 0 Å². The van der Waals surface area contributed by atoms with E-state index in [0.29, 0.717) is 11.8 Å². The highest BCUT2D eigenvalue weighted by Crippen LogP contribution is 2.35. The average Bonchev–Trinajstić information content (AvgIpc) is 2.78. The molecule has 2 aliphatic rings. The molecule has 1 atom stereocenters. The van der Waals surface area contributed by atoms with Gasteiger partial charge in [-0.3, -0.25) is 9.47 Å². The fourth-order valence-electron chi connectivity index (χ4n) is 4.07. The number of rotatable bonds is 3. The Morgan fingerprint density at radius 2 is 2.04 bits per heavy atom. The second-order valence-corrected chi connectivity index (χ2v) is 7.38. The molecule has 2 N–H and O–H groups in total. The number of nitrogens with two attached hydrogens (primary N) is 1. The van der Waals surface area contributed by atoms with Gasteiger partial charge in [0.15, 0.2) is 5.78 Å². The molecule has 0 bridgehead atoms. The van der Waals surface area contributed by atoms with Gasteiger partial charge in [-0.05, 0) is 70.0 Å². The van der Waals surface area contributed by atoms with E-state index in [1.807, 2.05) is 16.8 Å². The molecule has 0 spiro atoms. The molecule has 4 rings (SSSR count). The first-order chi connectivity index (χ1) is 11.1. The lowest BCUT2D eigenvalue weighted by atomic mass is 9.79. The van der Waals surface area contributed by atoms with E-state index in [0.717, 1.165) is 43.2 Å². The quantitative estimate of drug-likeness (QED) is 0.700. The van der Waals surface area contributed by atoms with Crippen LogP contribution in [0.4, 0.5) is 0 Å². The molecule has 1 unspecified atom stereocenters. The van der Waals surface area contributed by atoms with Crippen LogP contribution >= 0.6 is 0 Å². The predicted octanol–water partition coefficient (Wildman–Crippen LogP) is 2.76. The van der Waals surface area contributed by atoms with Crippen LogP contribution in [0.15, 0.2) is 18.2 Å². The molecular weight excluding hydrogens is 286 g/mol. The van der Waals surface area contributed by atoms with Gasteiger partial charge in [0.2, 0.25) is 0 Å². The molecule has 0 amide bonds. The Morgan fingerprint density at radius 3 is 2.70 bits per heavy atom. The average molecular weight is 311 g/mol. The number of hydrogen-bond donors (Lipinski definition) is 1. The third-order valence-corrected chi connectivity index (χ3v) is 5.87. The summed E-state index contributed by atoms with van der Waals surface area (Å²) in [6.45, 7) is 0. The minimum Gasteiger partial charge on any atom is -0.339 e. The zero-order chi connectivity index (χ0) is 16.1. The zero-order valence-electron chi connectivity index (χ0n) is 14.0. The van der Waals surface area contributed by atoms with Gasteiger partial charge in [0.1, 0.15) is 0 Å². The van der Waals surface area contributed by atoms with E-state index in [1.165, 1.54) is 23.1 Å². The standard InChI is InChI=1S/C19H25N3O/c1-21(2)14-7-9-18-16(11-14)15-10-13(6-8-17(15)22(18)20)19(23)12-4-3-5-12/h6,8,10,12,14H,3-5,7,9,11,20H2,1-2H3. The van der Waals surface area contributed by atoms with Crippen molar-refractivity contribution in [2.24, 2.45) is 5.92 Å². The number of likely N-dealkylation sites (N-methyl/N-ethyl adjacent to an activating group) is 1. The second-order valence-electron chi connectivity index (χ2n) is 7.38. The molecular formula is C19H25N3O. The lowest BCUT2D eigenvalue weighted by Gasteiger charge is -2.28. The summed E-state index contributed by atoms with van der Waals surface area (Å²) in [4.78, 5) is 14.9. The molecule has 4 nitrogen and oxygen atoms in total. The number of nitrogens with zero attached hydrogens (tertiary/aromatic N) is 2. The van der Waals surface area contributed by atoms with Gasteiger partial charge in [-0.15, -0.1) is 0 Å². The van der Waals surface area contributed by atoms with Crippen molar-refractivity contribution < 1.29 is 4.79 Å². The molecule has 2 aliphatic carbocycles. The van der Waals surface area contributed by atoms with Gasteiger partial charge >= 0.3 is 0 Å². The van der Waals surface area contributed by atoms with E-state index < -0.39 is 0 Å². The second kappa shape index (κ2) is 5.38. The van der Waals surface area contributed by atoms with Gasteiger partial charge in [0.25, 0.3) is 0 Å². The zero-order valence-corrected chi connectivity index (χ0v) is 14.0. The van der Waals surface area contributed by atoms with Crippen molar-refractivity contribution in [1.82, 2.24) is 9.58 Å². The van der Waals surface area contributed by atoms with Crippen LogP contribution in [0.5, 0.6) is 0 Å². The Labute approximate surface area is 137 Å². The summed E-state index contributed by atoms with van der Waals surface area (Å²) >= 11 is 0. The molecule has 23 heavy (non-hydrogen) atoms. The van der Waals surface area contributed by atoms with E-state index >= 15 is 0 Å². The SMILES string of the molecule is CN(C)C1CCc2c(c3cc(C(=O)C4CCC4)ccc3n2N)C1. The molecule has 1 saturated carbocycles. The number of fused-ring (bicyclic) bond motifs is 3. The number of aromatic nitrogens is 1. The molecule has 1 heterocycles. The van der Waals surface area contributed by atoms with Gasteiger partial charge in [-0.25, -0.2) is 0 Å². The van der Waals surface area contributed by atoms with Crippen LogP contribution in [0.2, 0.25) is 0 Å². The minimum absolute atomic E-state index is 0.248. The Morgan fingerprint density at radius 1 is 1.26 bits per heavy atom. The van der Waals surface area contributed by atoms with Crippen molar-refractivity contribution in [2.45, 2.75) is 44.6 Å². The third kappa shape index (κ3) is 2.27. The Hall–Kier alpha value is -1.81. The number of ketones is 1. The molecule has 0 aliphatic heterocycles. The number of benzene rings is 1. The largest absolute Gasteiger partial charge is 0.339 e. The Balaban J connectivity index is 1.78. The van der Waals surface area contributed by atoms with Gasteiger partial charge < -0.3 is 10.7 Å². The monoisotopic (exact) mass is 311 g/mol. The number of nitrogen functional groups attached to an aromatic ring is 1. The number of hydrogen-bond acceptors (Lipinski definition) is 3. The van der Waals surface area contributed by atoms with Crippen LogP contribution < -0.4 is 5.84 Å². The number of carbonyl (C=O) groups is 1. The third-order valence-electron chi connectivity index (χ3n) is 5.87. The Kier molecular flexibility index (Phi) is 3.45. The molecule has 0 saturated heterocycles. The number of Topliss-reactive ketones (excluding diaryl/α,β-unsaturated/α-hetero) is 1. The van der Waals surface area contributed by atoms with Crippen LogP contribution in [0.1, 0.15) is 47.3 Å². The lowest BCUT2D eigenvalue weighted by Crippen LogP contribution is -2.34. The van der Waals surface area contributed by atoms with E-state index in [4.69, 9.17) is 5.84 Å². The van der Waals surface area contributed by atoms with Crippen LogP contribution in [-0.2, 0) is 12.8 Å². The molecule has 0 radical (unpaired) electrons. The van der Waals surface area contributed by atoms with Crippen LogP contribution in [0.25, 0.3) is 10.9 Å². The first kappa shape index (κ1) is 14.8. The normalized spacial score (nSPS) is 21.4. The maximum Gasteiger partial charge on any atom is 0.165 e. The lowest BCUT2D eigenvalue weighted by molar-refractivity contribution is 0.0855. The van der Waals surface area contributed by atoms with E-state index in [2.05, 4.69) is 25.1 Å². The first-order valence-corrected chi connectivity index (χ1v) is 8.68. The minimum atomic E-state index is 0.248. The molecule has 2 aromatic rings. The molecule has 1 aromatic heterocycles. The highest BCUT2D eigenvalue weighted by Gasteiger charge is 2.29. The van der Waals surface area contributed by atoms with E-state index in [-0.39, 0.29) is 5.92 Å². The van der Waals surface area contributed by atoms with Crippen molar-refractivity contribution in [2.75, 3.05) is 19.9 Å². The van der Waals surface area contributed by atoms with Crippen LogP contribution in [0, 0.1) is 5.92 Å². The highest BCUT2D eigenvalue weighted by atomic mass is 16.1. The Bertz CT molecular complexity index is 771. The predicted molar refractivity (Wildman–Crippen MR) is 93.3 cm³/mol. The molecule has 1 aromatic carbocycles. The fourth-order valence-corrected chi connectivity index (χ4v) is 4.07. The van der Waals surface area contributed by atoms with Gasteiger partial charge in [-0.2, -0.15) is 0 Å². The summed E-state index contributed by atoms with van der Waals surface area (Å²) in [7, 11) is 4.28. The first-order valence-electron chi connectivity index (χ1n) is 8.68. The van der Waals surface area contributed by atoms with Crippen LogP contribution in [-0.4, -0.2) is 35.5 Å². The van der Waals surface area contributed by atoms with Gasteiger partial charge in [0.05, 0.1) is 5.52 Å². The summed E-state index contributed by atoms with van der Waals surface area (Å²) in [6.07, 6.45) is 6.46. The molecule has 1 fully saturated rings. The van der Waals surface area contributed by atoms with E-state index in [9.17, 15) is 4.79 Å². The van der Waals surface area contributed by atoms with Crippen LogP contribution in [0.3, 0.4) is 0 Å². The topological polar surface area (TPSA) is 51.3 Å². The summed E-state index contributed by atoms with van der Waals surface area (Å²) in [5.74, 6) is 6.89. The maximum absolute atomic E-state index is 12.6. The van der Waals surface area contributed by atoms with Crippen molar-refractivity contribution in [3.63, 3.8) is 0 Å². The fraction of sp³-hybridized carbons (Fsp3) is 0.526. The summed E-state index contributed by atoms with van der Waals surface area (Å²) < 4.78 is 1.84. The van der Waals surface area contributed by atoms with Crippen molar-refractivity contribution in [3.05, 3.63) is 35.0 Å². The van der Waals surface area contributed by atoms with Gasteiger partial charge in [0, 0.05) is 28.6 Å². The van der Waals surface area contributed by atoms with Crippen molar-refractivity contribution in [1.29, 1.82) is 0 Å². The highest BCUT2D eigenvalue weighted by molar-refractivity contribution is 6.02. The maximum atomic E-state index is 12.6. The van der Waals surface area contributed by atoms with Gasteiger partial charge in [-0.1, -0.05) is 6.42 Å². The molecule has 122 valence electrons. The summed E-state index contributed by atoms with van der Waals surface area (Å²) in [5.41, 5.74) is 4.50. The molecule has 4 heteroatoms.